The van der Waals surface area contributed by atoms with E-state index >= 15 is 0 Å². The Bertz CT molecular complexity index is 449. The van der Waals surface area contributed by atoms with Gasteiger partial charge in [-0.2, -0.15) is 0 Å². The number of hydrogen-bond donors (Lipinski definition) is 3. The van der Waals surface area contributed by atoms with Crippen LogP contribution < -0.4 is 21.5 Å². The number of anilines is 1. The minimum Gasteiger partial charge on any atom is -0.494 e. The van der Waals surface area contributed by atoms with Gasteiger partial charge in [-0.15, -0.1) is 0 Å². The predicted molar refractivity (Wildman–Crippen MR) is 72.6 cm³/mol. The molecule has 0 aliphatic carbocycles. The third kappa shape index (κ3) is 5.39. The molecule has 2 amide bonds. The number of nitrogens with two attached hydrogens (primary N) is 2. The fraction of sp³-hybridized carbons (Fsp3) is 0.385. The molecule has 6 nitrogen and oxygen atoms in total. The van der Waals surface area contributed by atoms with E-state index in [9.17, 15) is 9.59 Å². The van der Waals surface area contributed by atoms with E-state index in [2.05, 4.69) is 5.32 Å². The third-order valence-corrected chi connectivity index (χ3v) is 2.33. The van der Waals surface area contributed by atoms with Crippen LogP contribution >= 0.6 is 0 Å². The number of amides is 2. The highest BCUT2D eigenvalue weighted by Gasteiger charge is 2.16. The number of rotatable bonds is 7. The SMILES string of the molecule is CCCOc1cccc(NC(=O)C(N)CC(N)=O)c1. The summed E-state index contributed by atoms with van der Waals surface area (Å²) < 4.78 is 5.45. The van der Waals surface area contributed by atoms with Crippen molar-refractivity contribution in [2.75, 3.05) is 11.9 Å². The van der Waals surface area contributed by atoms with E-state index in [1.165, 1.54) is 0 Å². The summed E-state index contributed by atoms with van der Waals surface area (Å²) >= 11 is 0. The molecule has 5 N–H and O–H groups in total. The summed E-state index contributed by atoms with van der Waals surface area (Å²) in [5, 5.41) is 2.61. The molecular formula is C13H19N3O3. The van der Waals surface area contributed by atoms with Gasteiger partial charge in [-0.25, -0.2) is 0 Å². The number of hydrogen-bond acceptors (Lipinski definition) is 4. The lowest BCUT2D eigenvalue weighted by molar-refractivity contribution is -0.123. The lowest BCUT2D eigenvalue weighted by Gasteiger charge is -2.11. The standard InChI is InChI=1S/C13H19N3O3/c1-2-6-19-10-5-3-4-9(7-10)16-13(18)11(14)8-12(15)17/h3-5,7,11H,2,6,8,14H2,1H3,(H2,15,17)(H,16,18). The number of nitrogens with one attached hydrogen (secondary N) is 1. The van der Waals surface area contributed by atoms with Crippen molar-refractivity contribution in [3.05, 3.63) is 24.3 Å². The molecule has 0 bridgehead atoms. The number of carbonyl (C=O) groups excluding carboxylic acids is 2. The second-order valence-corrected chi connectivity index (χ2v) is 4.14. The van der Waals surface area contributed by atoms with Gasteiger partial charge in [-0.05, 0) is 18.6 Å². The van der Waals surface area contributed by atoms with Crippen molar-refractivity contribution < 1.29 is 14.3 Å². The minimum absolute atomic E-state index is 0.183. The molecule has 1 aromatic carbocycles. The molecule has 0 aliphatic heterocycles. The molecule has 0 fully saturated rings. The number of ether oxygens (including phenoxy) is 1. The van der Waals surface area contributed by atoms with Gasteiger partial charge in [-0.3, -0.25) is 9.59 Å². The van der Waals surface area contributed by atoms with Crippen LogP contribution in [0, 0.1) is 0 Å². The van der Waals surface area contributed by atoms with Gasteiger partial charge in [0.05, 0.1) is 19.1 Å². The highest BCUT2D eigenvalue weighted by atomic mass is 16.5. The smallest absolute Gasteiger partial charge is 0.241 e. The van der Waals surface area contributed by atoms with Crippen LogP contribution in [-0.4, -0.2) is 24.5 Å². The maximum absolute atomic E-state index is 11.7. The Labute approximate surface area is 112 Å². The van der Waals surface area contributed by atoms with Gasteiger partial charge < -0.3 is 21.5 Å². The van der Waals surface area contributed by atoms with Crippen LogP contribution in [0.25, 0.3) is 0 Å². The molecule has 1 aromatic rings. The molecule has 104 valence electrons. The number of carbonyl (C=O) groups is 2. The fourth-order valence-electron chi connectivity index (χ4n) is 1.43. The van der Waals surface area contributed by atoms with Crippen LogP contribution in [-0.2, 0) is 9.59 Å². The maximum Gasteiger partial charge on any atom is 0.241 e. The average molecular weight is 265 g/mol. The van der Waals surface area contributed by atoms with Crippen LogP contribution in [0.1, 0.15) is 19.8 Å². The molecule has 0 saturated heterocycles. The fourth-order valence-corrected chi connectivity index (χ4v) is 1.43. The van der Waals surface area contributed by atoms with E-state index in [0.717, 1.165) is 6.42 Å². The first-order valence-electron chi connectivity index (χ1n) is 6.10. The minimum atomic E-state index is -0.947. The Hall–Kier alpha value is -2.08. The van der Waals surface area contributed by atoms with E-state index in [1.54, 1.807) is 24.3 Å². The van der Waals surface area contributed by atoms with Gasteiger partial charge in [0, 0.05) is 11.8 Å². The average Bonchev–Trinajstić information content (AvgIpc) is 2.36. The van der Waals surface area contributed by atoms with Crippen molar-refractivity contribution in [3.8, 4) is 5.75 Å². The van der Waals surface area contributed by atoms with Gasteiger partial charge in [-0.1, -0.05) is 13.0 Å². The summed E-state index contributed by atoms with van der Waals surface area (Å²) in [7, 11) is 0. The zero-order chi connectivity index (χ0) is 14.3. The number of primary amides is 1. The van der Waals surface area contributed by atoms with Gasteiger partial charge in [0.15, 0.2) is 0 Å². The zero-order valence-corrected chi connectivity index (χ0v) is 10.9. The highest BCUT2D eigenvalue weighted by molar-refractivity contribution is 5.97. The van der Waals surface area contributed by atoms with Crippen LogP contribution in [0.2, 0.25) is 0 Å². The van der Waals surface area contributed by atoms with E-state index < -0.39 is 17.9 Å². The Morgan fingerprint density at radius 3 is 2.79 bits per heavy atom. The Morgan fingerprint density at radius 1 is 1.42 bits per heavy atom. The molecule has 19 heavy (non-hydrogen) atoms. The van der Waals surface area contributed by atoms with Crippen molar-refractivity contribution in [1.29, 1.82) is 0 Å². The second kappa shape index (κ2) is 7.38. The molecule has 6 heteroatoms. The summed E-state index contributed by atoms with van der Waals surface area (Å²) in [4.78, 5) is 22.4. The second-order valence-electron chi connectivity index (χ2n) is 4.14. The topological polar surface area (TPSA) is 107 Å². The first-order valence-corrected chi connectivity index (χ1v) is 6.10. The van der Waals surface area contributed by atoms with Crippen molar-refractivity contribution >= 4 is 17.5 Å². The van der Waals surface area contributed by atoms with Crippen molar-refractivity contribution in [1.82, 2.24) is 0 Å². The first kappa shape index (κ1) is 15.0. The quantitative estimate of drug-likeness (QED) is 0.671. The van der Waals surface area contributed by atoms with Crippen molar-refractivity contribution in [3.63, 3.8) is 0 Å². The summed E-state index contributed by atoms with van der Waals surface area (Å²) in [6, 6.07) is 6.03. The Kier molecular flexibility index (Phi) is 5.81. The number of benzene rings is 1. The largest absolute Gasteiger partial charge is 0.494 e. The summed E-state index contributed by atoms with van der Waals surface area (Å²) in [5.41, 5.74) is 11.1. The molecule has 0 saturated carbocycles. The summed E-state index contributed by atoms with van der Waals surface area (Å²) in [6.45, 7) is 2.62. The Morgan fingerprint density at radius 2 is 2.16 bits per heavy atom. The highest BCUT2D eigenvalue weighted by Crippen LogP contribution is 2.17. The lowest BCUT2D eigenvalue weighted by atomic mass is 10.2. The van der Waals surface area contributed by atoms with E-state index in [-0.39, 0.29) is 6.42 Å². The molecule has 0 spiro atoms. The summed E-state index contributed by atoms with van der Waals surface area (Å²) in [5.74, 6) is -0.391. The van der Waals surface area contributed by atoms with E-state index in [0.29, 0.717) is 18.0 Å². The van der Waals surface area contributed by atoms with Crippen LogP contribution in [0.15, 0.2) is 24.3 Å². The monoisotopic (exact) mass is 265 g/mol. The molecule has 1 unspecified atom stereocenters. The van der Waals surface area contributed by atoms with Gasteiger partial charge >= 0.3 is 0 Å². The Balaban J connectivity index is 2.61. The molecule has 0 radical (unpaired) electrons. The molecule has 0 aromatic heterocycles. The maximum atomic E-state index is 11.7. The zero-order valence-electron chi connectivity index (χ0n) is 10.9. The first-order chi connectivity index (χ1) is 9.02. The molecule has 0 heterocycles. The normalized spacial score (nSPS) is 11.7. The lowest BCUT2D eigenvalue weighted by Crippen LogP contribution is -2.38. The van der Waals surface area contributed by atoms with Crippen molar-refractivity contribution in [2.24, 2.45) is 11.5 Å². The van der Waals surface area contributed by atoms with Crippen LogP contribution in [0.5, 0.6) is 5.75 Å². The molecule has 1 atom stereocenters. The van der Waals surface area contributed by atoms with Gasteiger partial charge in [0.25, 0.3) is 0 Å². The molecule has 1 rings (SSSR count). The van der Waals surface area contributed by atoms with Crippen LogP contribution in [0.3, 0.4) is 0 Å². The van der Waals surface area contributed by atoms with E-state index in [1.807, 2.05) is 6.92 Å². The predicted octanol–water partition coefficient (Wildman–Crippen LogP) is 0.617. The summed E-state index contributed by atoms with van der Waals surface area (Å²) in [6.07, 6.45) is 0.720. The van der Waals surface area contributed by atoms with E-state index in [4.69, 9.17) is 16.2 Å². The third-order valence-electron chi connectivity index (χ3n) is 2.33. The molecular weight excluding hydrogens is 246 g/mol. The molecule has 0 aliphatic rings. The van der Waals surface area contributed by atoms with Crippen LogP contribution in [0.4, 0.5) is 5.69 Å². The van der Waals surface area contributed by atoms with Gasteiger partial charge in [0.2, 0.25) is 11.8 Å². The van der Waals surface area contributed by atoms with Crippen molar-refractivity contribution in [2.45, 2.75) is 25.8 Å². The van der Waals surface area contributed by atoms with Gasteiger partial charge in [0.1, 0.15) is 5.75 Å².